The molecule has 0 saturated carbocycles. The van der Waals surface area contributed by atoms with Crippen LogP contribution in [0.4, 0.5) is 0 Å². The van der Waals surface area contributed by atoms with E-state index in [2.05, 4.69) is 34.6 Å². The maximum Gasteiger partial charge on any atom is 0.472 e. The highest BCUT2D eigenvalue weighted by atomic mass is 31.2. The van der Waals surface area contributed by atoms with Gasteiger partial charge in [0.05, 0.1) is 26.4 Å². The zero-order valence-electron chi connectivity index (χ0n) is 66.8. The summed E-state index contributed by atoms with van der Waals surface area (Å²) < 4.78 is 68.7. The van der Waals surface area contributed by atoms with Crippen molar-refractivity contribution in [3.05, 3.63) is 0 Å². The number of hydrogen-bond acceptors (Lipinski definition) is 15. The van der Waals surface area contributed by atoms with Gasteiger partial charge in [-0.3, -0.25) is 37.3 Å². The van der Waals surface area contributed by atoms with Crippen molar-refractivity contribution in [2.75, 3.05) is 39.6 Å². The fraction of sp³-hybridized carbons (Fsp3) is 0.952. The summed E-state index contributed by atoms with van der Waals surface area (Å²) in [5.41, 5.74) is 0. The summed E-state index contributed by atoms with van der Waals surface area (Å²) in [6.07, 6.45) is 68.2. The third-order valence-electron chi connectivity index (χ3n) is 19.9. The van der Waals surface area contributed by atoms with Crippen LogP contribution < -0.4 is 0 Å². The SMILES string of the molecule is CCCCCCCCCCCCCCCCCCCCCCCC(=O)O[C@H](COC(=O)CCCCCCCCCCCCCCCCCCCCCC)COP(=O)(O)OC[C@@H](O)COP(=O)(O)OC[C@@H](COC(=O)CCCCCCCCCCC)OC(=O)CCCCCCCCCCC(C)CC. The fourth-order valence-electron chi connectivity index (χ4n) is 12.9. The Bertz CT molecular complexity index is 1950. The first-order valence-electron chi connectivity index (χ1n) is 43.2. The summed E-state index contributed by atoms with van der Waals surface area (Å²) in [4.78, 5) is 73.0. The number of aliphatic hydroxyl groups excluding tert-OH is 1. The molecule has 0 aliphatic heterocycles. The average Bonchev–Trinajstić information content (AvgIpc) is 0.925. The van der Waals surface area contributed by atoms with Gasteiger partial charge < -0.3 is 33.8 Å². The van der Waals surface area contributed by atoms with Crippen molar-refractivity contribution in [2.45, 2.75) is 464 Å². The molecule has 606 valence electrons. The molecule has 0 spiro atoms. The fourth-order valence-corrected chi connectivity index (χ4v) is 14.5. The van der Waals surface area contributed by atoms with Crippen LogP contribution in [0.25, 0.3) is 0 Å². The molecule has 0 heterocycles. The van der Waals surface area contributed by atoms with Crippen molar-refractivity contribution in [3.8, 4) is 0 Å². The normalized spacial score (nSPS) is 14.1. The molecule has 0 bridgehead atoms. The van der Waals surface area contributed by atoms with Crippen molar-refractivity contribution in [2.24, 2.45) is 5.92 Å². The molecule has 0 amide bonds. The highest BCUT2D eigenvalue weighted by Crippen LogP contribution is 2.45. The summed E-state index contributed by atoms with van der Waals surface area (Å²) in [7, 11) is -9.92. The predicted molar refractivity (Wildman–Crippen MR) is 418 cm³/mol. The molecular formula is C83H162O17P2. The van der Waals surface area contributed by atoms with E-state index in [1.54, 1.807) is 0 Å². The third kappa shape index (κ3) is 74.9. The van der Waals surface area contributed by atoms with Gasteiger partial charge in [-0.15, -0.1) is 0 Å². The lowest BCUT2D eigenvalue weighted by Crippen LogP contribution is -2.30. The third-order valence-corrected chi connectivity index (χ3v) is 21.8. The van der Waals surface area contributed by atoms with Gasteiger partial charge in [-0.1, -0.05) is 394 Å². The van der Waals surface area contributed by atoms with E-state index >= 15 is 0 Å². The van der Waals surface area contributed by atoms with Gasteiger partial charge >= 0.3 is 39.5 Å². The second-order valence-corrected chi connectivity index (χ2v) is 33.0. The molecule has 3 N–H and O–H groups in total. The maximum absolute atomic E-state index is 13.1. The van der Waals surface area contributed by atoms with Crippen LogP contribution in [0.5, 0.6) is 0 Å². The number of rotatable bonds is 83. The Morgan fingerprint density at radius 1 is 0.275 bits per heavy atom. The molecule has 6 atom stereocenters. The minimum atomic E-state index is -4.96. The summed E-state index contributed by atoms with van der Waals surface area (Å²) in [5, 5.41) is 10.6. The zero-order chi connectivity index (χ0) is 74.8. The van der Waals surface area contributed by atoms with Gasteiger partial charge in [0, 0.05) is 25.7 Å². The van der Waals surface area contributed by atoms with Crippen LogP contribution in [0.2, 0.25) is 0 Å². The summed E-state index contributed by atoms with van der Waals surface area (Å²) in [6.45, 7) is 7.31. The molecule has 0 rings (SSSR count). The van der Waals surface area contributed by atoms with Gasteiger partial charge in [0.25, 0.3) is 0 Å². The molecule has 17 nitrogen and oxygen atoms in total. The van der Waals surface area contributed by atoms with Crippen LogP contribution in [0.1, 0.15) is 446 Å². The van der Waals surface area contributed by atoms with E-state index in [1.807, 2.05) is 0 Å². The smallest absolute Gasteiger partial charge is 0.462 e. The van der Waals surface area contributed by atoms with E-state index in [-0.39, 0.29) is 25.7 Å². The van der Waals surface area contributed by atoms with E-state index in [0.717, 1.165) is 95.8 Å². The van der Waals surface area contributed by atoms with Gasteiger partial charge in [0.1, 0.15) is 19.3 Å². The minimum Gasteiger partial charge on any atom is -0.462 e. The Morgan fingerprint density at radius 2 is 0.471 bits per heavy atom. The molecule has 0 aromatic rings. The average molecular weight is 1490 g/mol. The lowest BCUT2D eigenvalue weighted by molar-refractivity contribution is -0.161. The Balaban J connectivity index is 5.19. The first kappa shape index (κ1) is 100. The molecule has 3 unspecified atom stereocenters. The molecule has 0 aliphatic carbocycles. The summed E-state index contributed by atoms with van der Waals surface area (Å²) >= 11 is 0. The van der Waals surface area contributed by atoms with Crippen LogP contribution in [0.15, 0.2) is 0 Å². The number of esters is 4. The number of carbonyl (C=O) groups is 4. The Labute approximate surface area is 626 Å². The second-order valence-electron chi connectivity index (χ2n) is 30.1. The molecular weight excluding hydrogens is 1330 g/mol. The topological polar surface area (TPSA) is 237 Å². The van der Waals surface area contributed by atoms with E-state index in [1.165, 1.54) is 270 Å². The minimum absolute atomic E-state index is 0.106. The Hall–Kier alpha value is -1.94. The molecule has 19 heteroatoms. The zero-order valence-corrected chi connectivity index (χ0v) is 68.5. The van der Waals surface area contributed by atoms with E-state index in [9.17, 15) is 43.2 Å². The lowest BCUT2D eigenvalue weighted by Gasteiger charge is -2.21. The highest BCUT2D eigenvalue weighted by Gasteiger charge is 2.30. The van der Waals surface area contributed by atoms with E-state index in [4.69, 9.17) is 37.0 Å². The van der Waals surface area contributed by atoms with Crippen LogP contribution in [0.3, 0.4) is 0 Å². The second kappa shape index (κ2) is 75.9. The Morgan fingerprint density at radius 3 is 0.696 bits per heavy atom. The van der Waals surface area contributed by atoms with E-state index in [0.29, 0.717) is 25.7 Å². The van der Waals surface area contributed by atoms with Crippen LogP contribution >= 0.6 is 15.6 Å². The summed E-state index contributed by atoms with van der Waals surface area (Å²) in [6, 6.07) is 0. The van der Waals surface area contributed by atoms with Gasteiger partial charge in [0.2, 0.25) is 0 Å². The van der Waals surface area contributed by atoms with Gasteiger partial charge in [-0.2, -0.15) is 0 Å². The lowest BCUT2D eigenvalue weighted by atomic mass is 9.99. The van der Waals surface area contributed by atoms with Crippen molar-refractivity contribution in [1.29, 1.82) is 0 Å². The number of hydrogen-bond donors (Lipinski definition) is 3. The molecule has 0 radical (unpaired) electrons. The first-order valence-corrected chi connectivity index (χ1v) is 46.2. The number of phosphoric ester groups is 2. The molecule has 0 aliphatic rings. The van der Waals surface area contributed by atoms with Gasteiger partial charge in [-0.05, 0) is 31.6 Å². The van der Waals surface area contributed by atoms with Crippen LogP contribution in [0, 0.1) is 5.92 Å². The molecule has 0 saturated heterocycles. The van der Waals surface area contributed by atoms with Crippen LogP contribution in [-0.2, 0) is 65.4 Å². The monoisotopic (exact) mass is 1490 g/mol. The highest BCUT2D eigenvalue weighted by molar-refractivity contribution is 7.47. The molecule has 0 aromatic carbocycles. The van der Waals surface area contributed by atoms with Crippen molar-refractivity contribution in [1.82, 2.24) is 0 Å². The molecule has 0 aromatic heterocycles. The molecule has 0 fully saturated rings. The largest absolute Gasteiger partial charge is 0.472 e. The number of unbranched alkanes of at least 4 members (excludes halogenated alkanes) is 54. The molecule has 102 heavy (non-hydrogen) atoms. The number of carbonyl (C=O) groups excluding carboxylic acids is 4. The first-order chi connectivity index (χ1) is 49.6. The standard InChI is InChI=1S/C83H162O17P2/c1-6-10-13-16-19-22-24-26-28-30-32-34-36-38-40-42-44-47-53-58-63-68-82(87)99-78(73-94-81(86)67-62-57-52-46-43-41-39-37-35-33-31-29-27-25-23-20-17-14-11-7-2)74-97-101(89,90)95-70-77(84)71-96-102(91,92)98-75-79(72-93-80(85)66-61-56-51-45-21-18-15-12-8-3)100-83(88)69-64-59-54-49-48-50-55-60-65-76(5)9-4/h76-79,84H,6-75H2,1-5H3,(H,89,90)(H,91,92)/t76?,77-,78-,79-/m1/s1. The number of phosphoric acid groups is 2. The number of ether oxygens (including phenoxy) is 4. The predicted octanol–water partition coefficient (Wildman–Crippen LogP) is 25.2. The van der Waals surface area contributed by atoms with Crippen molar-refractivity contribution < 1.29 is 80.2 Å². The van der Waals surface area contributed by atoms with Gasteiger partial charge in [0.15, 0.2) is 12.2 Å². The quantitative estimate of drug-likeness (QED) is 0.0222. The van der Waals surface area contributed by atoms with Gasteiger partial charge in [-0.25, -0.2) is 9.13 Å². The summed E-state index contributed by atoms with van der Waals surface area (Å²) in [5.74, 6) is -1.34. The van der Waals surface area contributed by atoms with Crippen LogP contribution in [-0.4, -0.2) is 96.7 Å². The maximum atomic E-state index is 13.1. The Kier molecular flexibility index (Phi) is 74.4. The van der Waals surface area contributed by atoms with E-state index < -0.39 is 97.5 Å². The van der Waals surface area contributed by atoms with Crippen molar-refractivity contribution in [3.63, 3.8) is 0 Å². The number of aliphatic hydroxyl groups is 1. The van der Waals surface area contributed by atoms with Crippen molar-refractivity contribution >= 4 is 39.5 Å².